The van der Waals surface area contributed by atoms with Gasteiger partial charge in [0.15, 0.2) is 11.5 Å². The van der Waals surface area contributed by atoms with Gasteiger partial charge in [0.25, 0.3) is 0 Å². The van der Waals surface area contributed by atoms with Crippen LogP contribution < -0.4 is 9.47 Å². The Morgan fingerprint density at radius 2 is 1.90 bits per heavy atom. The summed E-state index contributed by atoms with van der Waals surface area (Å²) in [5.74, 6) is 2.14. The second-order valence-electron chi connectivity index (χ2n) is 11.9. The van der Waals surface area contributed by atoms with Crippen LogP contribution in [0.15, 0.2) is 12.1 Å². The van der Waals surface area contributed by atoms with E-state index in [-0.39, 0.29) is 23.0 Å². The largest absolute Gasteiger partial charge is 0.493 e. The first-order valence-electron chi connectivity index (χ1n) is 11.8. The van der Waals surface area contributed by atoms with Gasteiger partial charge in [-0.05, 0) is 62.7 Å². The van der Waals surface area contributed by atoms with Crippen molar-refractivity contribution >= 4 is 0 Å². The monoisotopic (exact) mass is 429 g/mol. The Hall–Kier alpha value is -1.30. The number of methoxy groups -OCH3 is 2. The van der Waals surface area contributed by atoms with Crippen molar-refractivity contribution < 1.29 is 19.3 Å². The molecule has 1 saturated heterocycles. The number of rotatable bonds is 3. The molecule has 2 aliphatic heterocycles. The normalized spacial score (nSPS) is 40.7. The standard InChI is InChI=1S/C26H39NO4/c1-23(2,3)25(5,28)24(4)14-16-17-13-15-9-10-18(29-7)20-19(15)26(16,11-12-27(17)6)22(31-20)21(24)30-8/h9-10,16-17,21-22,28H,11-14H2,1-8H3/t16?,17?,21-,22-,24?,25+,26?/m0/s1. The predicted octanol–water partition coefficient (Wildman–Crippen LogP) is 3.79. The highest BCUT2D eigenvalue weighted by atomic mass is 16.6. The molecule has 5 rings (SSSR count). The number of piperidine rings is 1. The zero-order valence-electron chi connectivity index (χ0n) is 20.4. The summed E-state index contributed by atoms with van der Waals surface area (Å²) in [5, 5.41) is 12.1. The van der Waals surface area contributed by atoms with Gasteiger partial charge >= 0.3 is 0 Å². The minimum atomic E-state index is -0.933. The average Bonchev–Trinajstić information content (AvgIpc) is 3.03. The van der Waals surface area contributed by atoms with Gasteiger partial charge in [0.1, 0.15) is 12.2 Å². The van der Waals surface area contributed by atoms with Crippen molar-refractivity contribution in [1.82, 2.24) is 4.90 Å². The molecule has 2 fully saturated rings. The van der Waals surface area contributed by atoms with E-state index in [1.807, 2.05) is 6.92 Å². The van der Waals surface area contributed by atoms with Crippen molar-refractivity contribution in [1.29, 1.82) is 0 Å². The van der Waals surface area contributed by atoms with Crippen LogP contribution in [0.1, 0.15) is 58.6 Å². The van der Waals surface area contributed by atoms with E-state index >= 15 is 0 Å². The number of hydrogen-bond donors (Lipinski definition) is 1. The fraction of sp³-hybridized carbons (Fsp3) is 0.769. The van der Waals surface area contributed by atoms with Gasteiger partial charge in [-0.2, -0.15) is 0 Å². The number of aliphatic hydroxyl groups is 1. The number of nitrogens with zero attached hydrogens (tertiary/aromatic N) is 1. The molecule has 4 unspecified atom stereocenters. The summed E-state index contributed by atoms with van der Waals surface area (Å²) in [4.78, 5) is 2.54. The summed E-state index contributed by atoms with van der Waals surface area (Å²) < 4.78 is 18.9. The minimum Gasteiger partial charge on any atom is -0.493 e. The van der Waals surface area contributed by atoms with Crippen LogP contribution in [0.4, 0.5) is 0 Å². The zero-order chi connectivity index (χ0) is 22.6. The van der Waals surface area contributed by atoms with Gasteiger partial charge in [-0.3, -0.25) is 0 Å². The zero-order valence-corrected chi connectivity index (χ0v) is 20.4. The molecule has 5 nitrogen and oxygen atoms in total. The van der Waals surface area contributed by atoms with E-state index in [1.54, 1.807) is 14.2 Å². The molecule has 2 heterocycles. The van der Waals surface area contributed by atoms with Gasteiger partial charge in [0.2, 0.25) is 0 Å². The van der Waals surface area contributed by atoms with E-state index in [2.05, 4.69) is 51.8 Å². The third-order valence-corrected chi connectivity index (χ3v) is 10.0. The van der Waals surface area contributed by atoms with E-state index in [0.29, 0.717) is 12.0 Å². The average molecular weight is 430 g/mol. The van der Waals surface area contributed by atoms with Gasteiger partial charge < -0.3 is 24.2 Å². The van der Waals surface area contributed by atoms with Crippen LogP contribution >= 0.6 is 0 Å². The fourth-order valence-corrected chi connectivity index (χ4v) is 7.76. The van der Waals surface area contributed by atoms with Gasteiger partial charge in [-0.1, -0.05) is 33.8 Å². The Bertz CT molecular complexity index is 905. The highest BCUT2D eigenvalue weighted by Crippen LogP contribution is 2.69. The Labute approximate surface area is 187 Å². The third kappa shape index (κ3) is 2.38. The maximum atomic E-state index is 12.1. The summed E-state index contributed by atoms with van der Waals surface area (Å²) in [6.07, 6.45) is 2.65. The van der Waals surface area contributed by atoms with Crippen LogP contribution in [-0.2, 0) is 16.6 Å². The summed E-state index contributed by atoms with van der Waals surface area (Å²) in [6.45, 7) is 11.7. The molecule has 0 aromatic heterocycles. The van der Waals surface area contributed by atoms with Crippen LogP contribution in [0.2, 0.25) is 0 Å². The van der Waals surface area contributed by atoms with E-state index < -0.39 is 11.0 Å². The molecule has 31 heavy (non-hydrogen) atoms. The fourth-order valence-electron chi connectivity index (χ4n) is 7.76. The number of likely N-dealkylation sites (tertiary alicyclic amines) is 1. The molecular formula is C26H39NO4. The van der Waals surface area contributed by atoms with E-state index in [0.717, 1.165) is 37.3 Å². The smallest absolute Gasteiger partial charge is 0.165 e. The first-order valence-corrected chi connectivity index (χ1v) is 11.8. The molecule has 1 spiro atoms. The predicted molar refractivity (Wildman–Crippen MR) is 121 cm³/mol. The lowest BCUT2D eigenvalue weighted by atomic mass is 9.43. The van der Waals surface area contributed by atoms with Crippen molar-refractivity contribution in [3.05, 3.63) is 23.3 Å². The van der Waals surface area contributed by atoms with Gasteiger partial charge in [0, 0.05) is 29.5 Å². The van der Waals surface area contributed by atoms with Crippen molar-refractivity contribution in [2.24, 2.45) is 16.7 Å². The molecule has 172 valence electrons. The molecule has 0 amide bonds. The van der Waals surface area contributed by atoms with Crippen molar-refractivity contribution in [2.45, 2.75) is 83.1 Å². The molecule has 1 aromatic carbocycles. The molecule has 2 aliphatic carbocycles. The third-order valence-electron chi connectivity index (χ3n) is 10.0. The number of likely N-dealkylation sites (N-methyl/N-ethyl adjacent to an activating group) is 1. The number of ether oxygens (including phenoxy) is 3. The Morgan fingerprint density at radius 1 is 1.19 bits per heavy atom. The highest BCUT2D eigenvalue weighted by molar-refractivity contribution is 5.61. The molecule has 2 bridgehead atoms. The maximum Gasteiger partial charge on any atom is 0.165 e. The van der Waals surface area contributed by atoms with Crippen LogP contribution in [0.3, 0.4) is 0 Å². The second kappa shape index (κ2) is 6.39. The van der Waals surface area contributed by atoms with Crippen molar-refractivity contribution in [3.8, 4) is 11.5 Å². The van der Waals surface area contributed by atoms with Crippen LogP contribution in [0.25, 0.3) is 0 Å². The molecule has 7 atom stereocenters. The Morgan fingerprint density at radius 3 is 2.52 bits per heavy atom. The summed E-state index contributed by atoms with van der Waals surface area (Å²) in [7, 11) is 5.78. The molecule has 4 aliphatic rings. The summed E-state index contributed by atoms with van der Waals surface area (Å²) in [6, 6.07) is 4.75. The summed E-state index contributed by atoms with van der Waals surface area (Å²) >= 11 is 0. The molecule has 1 aromatic rings. The van der Waals surface area contributed by atoms with Crippen molar-refractivity contribution in [3.63, 3.8) is 0 Å². The lowest BCUT2D eigenvalue weighted by Crippen LogP contribution is -2.74. The van der Waals surface area contributed by atoms with E-state index in [9.17, 15) is 5.11 Å². The van der Waals surface area contributed by atoms with Gasteiger partial charge in [0.05, 0.1) is 12.7 Å². The Kier molecular flexibility index (Phi) is 4.44. The van der Waals surface area contributed by atoms with E-state index in [1.165, 1.54) is 11.1 Å². The molecule has 0 radical (unpaired) electrons. The molecular weight excluding hydrogens is 390 g/mol. The minimum absolute atomic E-state index is 0.0806. The second-order valence-corrected chi connectivity index (χ2v) is 11.9. The first kappa shape index (κ1) is 21.5. The molecule has 1 saturated carbocycles. The lowest BCUT2D eigenvalue weighted by molar-refractivity contribution is -0.251. The van der Waals surface area contributed by atoms with Gasteiger partial charge in [-0.15, -0.1) is 0 Å². The SMILES string of the molecule is COc1ccc2c3c1O[C@H]1[C@H](OC)C(C)([C@](C)(O)C(C)(C)C)CC4C(C2)N(C)CCC341. The Balaban J connectivity index is 1.76. The summed E-state index contributed by atoms with van der Waals surface area (Å²) in [5.41, 5.74) is 0.994. The molecule has 1 N–H and O–H groups in total. The van der Waals surface area contributed by atoms with Crippen molar-refractivity contribution in [2.75, 3.05) is 27.8 Å². The van der Waals surface area contributed by atoms with Crippen LogP contribution in [-0.4, -0.2) is 61.7 Å². The number of hydrogen-bond acceptors (Lipinski definition) is 5. The van der Waals surface area contributed by atoms with E-state index in [4.69, 9.17) is 14.2 Å². The van der Waals surface area contributed by atoms with Crippen LogP contribution in [0, 0.1) is 16.7 Å². The first-order chi connectivity index (χ1) is 14.4. The lowest BCUT2D eigenvalue weighted by Gasteiger charge is -2.66. The molecule has 5 heteroatoms. The topological polar surface area (TPSA) is 51.2 Å². The highest BCUT2D eigenvalue weighted by Gasteiger charge is 2.73. The maximum absolute atomic E-state index is 12.1. The van der Waals surface area contributed by atoms with Crippen LogP contribution in [0.5, 0.6) is 11.5 Å². The number of benzene rings is 1. The quantitative estimate of drug-likeness (QED) is 0.792. The van der Waals surface area contributed by atoms with Gasteiger partial charge in [-0.25, -0.2) is 0 Å².